The molecule has 2 aliphatic rings. The first-order valence-corrected chi connectivity index (χ1v) is 4.94. The number of amides is 1. The molecule has 2 atom stereocenters. The van der Waals surface area contributed by atoms with Gasteiger partial charge in [-0.1, -0.05) is 0 Å². The summed E-state index contributed by atoms with van der Waals surface area (Å²) in [5.41, 5.74) is 7.06. The molecule has 0 saturated heterocycles. The maximum atomic E-state index is 12.0. The zero-order chi connectivity index (χ0) is 10.8. The fourth-order valence-electron chi connectivity index (χ4n) is 2.54. The van der Waals surface area contributed by atoms with Crippen molar-refractivity contribution in [2.75, 3.05) is 11.9 Å². The Morgan fingerprint density at radius 3 is 2.87 bits per heavy atom. The molecule has 1 heterocycles. The van der Waals surface area contributed by atoms with E-state index >= 15 is 0 Å². The minimum atomic E-state index is -0.539. The molecule has 1 saturated carbocycles. The van der Waals surface area contributed by atoms with Crippen LogP contribution in [-0.4, -0.2) is 24.1 Å². The van der Waals surface area contributed by atoms with Gasteiger partial charge in [-0.2, -0.15) is 0 Å². The van der Waals surface area contributed by atoms with Crippen molar-refractivity contribution in [3.63, 3.8) is 0 Å². The minimum Gasteiger partial charge on any atom is -0.508 e. The SMILES string of the molecule is CN1C(=O)C2(CC2N)c2cc(O)ccc21. The topological polar surface area (TPSA) is 66.6 Å². The van der Waals surface area contributed by atoms with E-state index in [0.29, 0.717) is 6.42 Å². The Morgan fingerprint density at radius 1 is 1.60 bits per heavy atom. The van der Waals surface area contributed by atoms with Gasteiger partial charge in [0.15, 0.2) is 0 Å². The van der Waals surface area contributed by atoms with E-state index in [4.69, 9.17) is 5.73 Å². The number of nitrogens with zero attached hydrogens (tertiary/aromatic N) is 1. The highest BCUT2D eigenvalue weighted by atomic mass is 16.3. The number of fused-ring (bicyclic) bond motifs is 2. The number of phenolic OH excluding ortho intramolecular Hbond substituents is 1. The van der Waals surface area contributed by atoms with E-state index in [-0.39, 0.29) is 17.7 Å². The largest absolute Gasteiger partial charge is 0.508 e. The normalized spacial score (nSPS) is 32.3. The van der Waals surface area contributed by atoms with Gasteiger partial charge < -0.3 is 15.7 Å². The van der Waals surface area contributed by atoms with Gasteiger partial charge in [-0.25, -0.2) is 0 Å². The average molecular weight is 204 g/mol. The molecule has 1 aliphatic carbocycles. The number of hydrogen-bond donors (Lipinski definition) is 2. The second-order valence-corrected chi connectivity index (χ2v) is 4.35. The maximum absolute atomic E-state index is 12.0. The van der Waals surface area contributed by atoms with Crippen molar-refractivity contribution in [2.45, 2.75) is 17.9 Å². The standard InChI is InChI=1S/C11H12N2O2/c1-13-8-3-2-6(14)4-7(8)11(10(13)15)5-9(11)12/h2-4,9,14H,5,12H2,1H3. The van der Waals surface area contributed by atoms with Crippen LogP contribution in [0.15, 0.2) is 18.2 Å². The smallest absolute Gasteiger partial charge is 0.239 e. The fraction of sp³-hybridized carbons (Fsp3) is 0.364. The quantitative estimate of drug-likeness (QED) is 0.640. The molecule has 1 aromatic rings. The Kier molecular flexibility index (Phi) is 1.36. The summed E-state index contributed by atoms with van der Waals surface area (Å²) in [4.78, 5) is 13.7. The molecule has 1 aliphatic heterocycles. The molecule has 4 heteroatoms. The zero-order valence-electron chi connectivity index (χ0n) is 8.40. The van der Waals surface area contributed by atoms with Crippen molar-refractivity contribution < 1.29 is 9.90 Å². The Balaban J connectivity index is 2.25. The second kappa shape index (κ2) is 2.33. The Hall–Kier alpha value is -1.55. The van der Waals surface area contributed by atoms with Crippen molar-refractivity contribution >= 4 is 11.6 Å². The molecule has 1 spiro atoms. The van der Waals surface area contributed by atoms with Crippen molar-refractivity contribution in [3.8, 4) is 5.75 Å². The minimum absolute atomic E-state index is 0.0515. The van der Waals surface area contributed by atoms with E-state index in [9.17, 15) is 9.90 Å². The number of anilines is 1. The van der Waals surface area contributed by atoms with E-state index < -0.39 is 5.41 Å². The number of likely N-dealkylation sites (N-methyl/N-ethyl adjacent to an activating group) is 1. The van der Waals surface area contributed by atoms with Crippen LogP contribution in [0.1, 0.15) is 12.0 Å². The zero-order valence-corrected chi connectivity index (χ0v) is 8.40. The lowest BCUT2D eigenvalue weighted by Crippen LogP contribution is -2.32. The number of rotatable bonds is 0. The molecule has 4 nitrogen and oxygen atoms in total. The number of benzene rings is 1. The lowest BCUT2D eigenvalue weighted by Gasteiger charge is -2.09. The molecule has 1 fully saturated rings. The first kappa shape index (κ1) is 8.73. The summed E-state index contributed by atoms with van der Waals surface area (Å²) >= 11 is 0. The van der Waals surface area contributed by atoms with Crippen LogP contribution in [0.4, 0.5) is 5.69 Å². The predicted octanol–water partition coefficient (Wildman–Crippen LogP) is 0.337. The summed E-state index contributed by atoms with van der Waals surface area (Å²) in [6.45, 7) is 0. The number of carbonyl (C=O) groups excluding carboxylic acids is 1. The average Bonchev–Trinajstić information content (AvgIpc) is 2.84. The van der Waals surface area contributed by atoms with Crippen LogP contribution in [0.25, 0.3) is 0 Å². The molecule has 78 valence electrons. The summed E-state index contributed by atoms with van der Waals surface area (Å²) in [5, 5.41) is 9.44. The van der Waals surface area contributed by atoms with Crippen molar-refractivity contribution in [2.24, 2.45) is 5.73 Å². The first-order valence-electron chi connectivity index (χ1n) is 4.94. The summed E-state index contributed by atoms with van der Waals surface area (Å²) < 4.78 is 0. The van der Waals surface area contributed by atoms with Crippen LogP contribution < -0.4 is 10.6 Å². The maximum Gasteiger partial charge on any atom is 0.239 e. The summed E-state index contributed by atoms with van der Waals surface area (Å²) in [6.07, 6.45) is 0.687. The van der Waals surface area contributed by atoms with Gasteiger partial charge in [-0.15, -0.1) is 0 Å². The third-order valence-electron chi connectivity index (χ3n) is 3.52. The van der Waals surface area contributed by atoms with Gasteiger partial charge in [-0.3, -0.25) is 4.79 Å². The van der Waals surface area contributed by atoms with Crippen LogP contribution in [0.5, 0.6) is 5.75 Å². The number of hydrogen-bond acceptors (Lipinski definition) is 3. The van der Waals surface area contributed by atoms with Crippen molar-refractivity contribution in [1.29, 1.82) is 0 Å². The van der Waals surface area contributed by atoms with Crippen molar-refractivity contribution in [1.82, 2.24) is 0 Å². The molecular weight excluding hydrogens is 192 g/mol. The highest BCUT2D eigenvalue weighted by Crippen LogP contribution is 2.56. The lowest BCUT2D eigenvalue weighted by molar-refractivity contribution is -0.120. The van der Waals surface area contributed by atoms with Crippen LogP contribution in [0, 0.1) is 0 Å². The van der Waals surface area contributed by atoms with Gasteiger partial charge in [0, 0.05) is 18.8 Å². The third-order valence-corrected chi connectivity index (χ3v) is 3.52. The summed E-state index contributed by atoms with van der Waals surface area (Å²) in [5.74, 6) is 0.242. The number of nitrogens with two attached hydrogens (primary N) is 1. The van der Waals surface area contributed by atoms with Gasteiger partial charge in [0.1, 0.15) is 5.75 Å². The van der Waals surface area contributed by atoms with Crippen LogP contribution in [-0.2, 0) is 10.2 Å². The lowest BCUT2D eigenvalue weighted by atomic mass is 9.97. The highest BCUT2D eigenvalue weighted by molar-refractivity contribution is 6.11. The van der Waals surface area contributed by atoms with Crippen LogP contribution in [0.3, 0.4) is 0 Å². The molecule has 3 N–H and O–H groups in total. The first-order chi connectivity index (χ1) is 7.07. The number of phenols is 1. The molecule has 1 aromatic carbocycles. The predicted molar refractivity (Wildman–Crippen MR) is 55.8 cm³/mol. The summed E-state index contributed by atoms with van der Waals surface area (Å²) in [6, 6.07) is 4.91. The van der Waals surface area contributed by atoms with E-state index in [1.54, 1.807) is 30.1 Å². The number of carbonyl (C=O) groups is 1. The van der Waals surface area contributed by atoms with Gasteiger partial charge in [0.05, 0.1) is 5.41 Å². The third kappa shape index (κ3) is 0.831. The van der Waals surface area contributed by atoms with Gasteiger partial charge in [0.2, 0.25) is 5.91 Å². The molecule has 3 rings (SSSR count). The fourth-order valence-corrected chi connectivity index (χ4v) is 2.54. The van der Waals surface area contributed by atoms with E-state index in [1.807, 2.05) is 0 Å². The van der Waals surface area contributed by atoms with Crippen LogP contribution >= 0.6 is 0 Å². The second-order valence-electron chi connectivity index (χ2n) is 4.35. The number of aromatic hydroxyl groups is 1. The molecule has 2 unspecified atom stereocenters. The molecule has 15 heavy (non-hydrogen) atoms. The van der Waals surface area contributed by atoms with E-state index in [1.165, 1.54) is 0 Å². The monoisotopic (exact) mass is 204 g/mol. The Morgan fingerprint density at radius 2 is 2.27 bits per heavy atom. The van der Waals surface area contributed by atoms with Crippen LogP contribution in [0.2, 0.25) is 0 Å². The molecular formula is C11H12N2O2. The molecule has 0 bridgehead atoms. The Labute approximate surface area is 87.3 Å². The van der Waals surface area contributed by atoms with E-state index in [2.05, 4.69) is 0 Å². The van der Waals surface area contributed by atoms with Gasteiger partial charge in [0.25, 0.3) is 0 Å². The molecule has 1 amide bonds. The van der Waals surface area contributed by atoms with E-state index in [0.717, 1.165) is 11.3 Å². The summed E-state index contributed by atoms with van der Waals surface area (Å²) in [7, 11) is 1.75. The van der Waals surface area contributed by atoms with Crippen molar-refractivity contribution in [3.05, 3.63) is 23.8 Å². The van der Waals surface area contributed by atoms with Gasteiger partial charge >= 0.3 is 0 Å². The molecule has 0 radical (unpaired) electrons. The molecule has 0 aromatic heterocycles. The highest BCUT2D eigenvalue weighted by Gasteiger charge is 2.65. The van der Waals surface area contributed by atoms with Gasteiger partial charge in [-0.05, 0) is 30.2 Å². The Bertz CT molecular complexity index is 472.